The SMILES string of the molecule is CCCNC(c1cccc(C)c1C)C1CN(CC)CCO1. The van der Waals surface area contributed by atoms with Crippen LogP contribution in [0, 0.1) is 13.8 Å². The molecule has 21 heavy (non-hydrogen) atoms. The highest BCUT2D eigenvalue weighted by Crippen LogP contribution is 2.26. The van der Waals surface area contributed by atoms with E-state index in [1.54, 1.807) is 0 Å². The molecule has 2 unspecified atom stereocenters. The molecule has 0 aliphatic carbocycles. The molecule has 118 valence electrons. The number of rotatable bonds is 6. The monoisotopic (exact) mass is 290 g/mol. The average molecular weight is 290 g/mol. The van der Waals surface area contributed by atoms with Crippen LogP contribution in [-0.2, 0) is 4.74 Å². The molecule has 1 heterocycles. The van der Waals surface area contributed by atoms with E-state index in [1.165, 1.54) is 16.7 Å². The van der Waals surface area contributed by atoms with Crippen molar-refractivity contribution in [1.29, 1.82) is 0 Å². The molecule has 0 radical (unpaired) electrons. The fraction of sp³-hybridized carbons (Fsp3) is 0.667. The van der Waals surface area contributed by atoms with Crippen LogP contribution in [0.1, 0.15) is 43.0 Å². The molecule has 0 bridgehead atoms. The molecule has 3 heteroatoms. The first kappa shape index (κ1) is 16.5. The van der Waals surface area contributed by atoms with Crippen LogP contribution in [0.3, 0.4) is 0 Å². The van der Waals surface area contributed by atoms with E-state index >= 15 is 0 Å². The first-order valence-corrected chi connectivity index (χ1v) is 8.30. The van der Waals surface area contributed by atoms with Gasteiger partial charge in [0.15, 0.2) is 0 Å². The van der Waals surface area contributed by atoms with Crippen molar-refractivity contribution in [2.24, 2.45) is 0 Å². The van der Waals surface area contributed by atoms with Crippen LogP contribution in [0.5, 0.6) is 0 Å². The maximum atomic E-state index is 6.11. The van der Waals surface area contributed by atoms with Gasteiger partial charge in [0.25, 0.3) is 0 Å². The van der Waals surface area contributed by atoms with Crippen molar-refractivity contribution in [2.45, 2.75) is 46.3 Å². The van der Waals surface area contributed by atoms with Crippen molar-refractivity contribution in [3.63, 3.8) is 0 Å². The zero-order chi connectivity index (χ0) is 15.2. The van der Waals surface area contributed by atoms with E-state index < -0.39 is 0 Å². The van der Waals surface area contributed by atoms with Gasteiger partial charge in [-0.1, -0.05) is 32.0 Å². The van der Waals surface area contributed by atoms with Crippen LogP contribution in [0.2, 0.25) is 0 Å². The fourth-order valence-corrected chi connectivity index (χ4v) is 3.07. The first-order valence-electron chi connectivity index (χ1n) is 8.30. The Balaban J connectivity index is 2.23. The number of nitrogens with one attached hydrogen (secondary N) is 1. The molecule has 1 aromatic carbocycles. The molecule has 2 rings (SSSR count). The highest BCUT2D eigenvalue weighted by atomic mass is 16.5. The number of benzene rings is 1. The predicted octanol–water partition coefficient (Wildman–Crippen LogP) is 3.06. The molecule has 0 spiro atoms. The summed E-state index contributed by atoms with van der Waals surface area (Å²) in [4.78, 5) is 2.49. The smallest absolute Gasteiger partial charge is 0.0897 e. The number of ether oxygens (including phenoxy) is 1. The quantitative estimate of drug-likeness (QED) is 0.871. The second kappa shape index (κ2) is 7.92. The number of hydrogen-bond donors (Lipinski definition) is 1. The van der Waals surface area contributed by atoms with Crippen LogP contribution >= 0.6 is 0 Å². The molecular formula is C18H30N2O. The highest BCUT2D eigenvalue weighted by molar-refractivity contribution is 5.36. The predicted molar refractivity (Wildman–Crippen MR) is 88.8 cm³/mol. The minimum Gasteiger partial charge on any atom is -0.374 e. The van der Waals surface area contributed by atoms with Crippen LogP contribution in [-0.4, -0.2) is 43.8 Å². The summed E-state index contributed by atoms with van der Waals surface area (Å²) in [6.07, 6.45) is 1.39. The largest absolute Gasteiger partial charge is 0.374 e. The Hall–Kier alpha value is -0.900. The van der Waals surface area contributed by atoms with Crippen molar-refractivity contribution in [3.05, 3.63) is 34.9 Å². The number of nitrogens with zero attached hydrogens (tertiary/aromatic N) is 1. The lowest BCUT2D eigenvalue weighted by atomic mass is 9.93. The lowest BCUT2D eigenvalue weighted by molar-refractivity contribution is -0.0456. The maximum absolute atomic E-state index is 6.11. The van der Waals surface area contributed by atoms with Crippen LogP contribution in [0.4, 0.5) is 0 Å². The van der Waals surface area contributed by atoms with Crippen molar-refractivity contribution < 1.29 is 4.74 Å². The van der Waals surface area contributed by atoms with E-state index in [2.05, 4.69) is 56.1 Å². The van der Waals surface area contributed by atoms with Gasteiger partial charge in [-0.05, 0) is 50.0 Å². The third-order valence-electron chi connectivity index (χ3n) is 4.59. The number of morpholine rings is 1. The molecular weight excluding hydrogens is 260 g/mol. The van der Waals surface area contributed by atoms with Crippen LogP contribution < -0.4 is 5.32 Å². The van der Waals surface area contributed by atoms with Gasteiger partial charge < -0.3 is 10.1 Å². The molecule has 1 aromatic rings. The summed E-state index contributed by atoms with van der Waals surface area (Å²) in [5, 5.41) is 3.72. The highest BCUT2D eigenvalue weighted by Gasteiger charge is 2.29. The van der Waals surface area contributed by atoms with Gasteiger partial charge in [-0.25, -0.2) is 0 Å². The molecule has 0 amide bonds. The second-order valence-electron chi connectivity index (χ2n) is 6.02. The van der Waals surface area contributed by atoms with Crippen molar-refractivity contribution in [1.82, 2.24) is 10.2 Å². The molecule has 1 saturated heterocycles. The summed E-state index contributed by atoms with van der Waals surface area (Å²) < 4.78 is 6.11. The molecule has 1 N–H and O–H groups in total. The topological polar surface area (TPSA) is 24.5 Å². The van der Waals surface area contributed by atoms with E-state index in [0.717, 1.165) is 39.2 Å². The van der Waals surface area contributed by atoms with Gasteiger partial charge in [-0.3, -0.25) is 4.90 Å². The molecule has 0 aromatic heterocycles. The van der Waals surface area contributed by atoms with E-state index in [-0.39, 0.29) is 6.10 Å². The number of likely N-dealkylation sites (N-methyl/N-ethyl adjacent to an activating group) is 1. The summed E-state index contributed by atoms with van der Waals surface area (Å²) in [6.45, 7) is 13.9. The van der Waals surface area contributed by atoms with Gasteiger partial charge >= 0.3 is 0 Å². The first-order chi connectivity index (χ1) is 10.2. The zero-order valence-electron chi connectivity index (χ0n) is 14.0. The fourth-order valence-electron chi connectivity index (χ4n) is 3.07. The summed E-state index contributed by atoms with van der Waals surface area (Å²) >= 11 is 0. The Kier molecular flexibility index (Phi) is 6.22. The van der Waals surface area contributed by atoms with Crippen molar-refractivity contribution in [3.8, 4) is 0 Å². The average Bonchev–Trinajstić information content (AvgIpc) is 2.52. The van der Waals surface area contributed by atoms with E-state index in [9.17, 15) is 0 Å². The van der Waals surface area contributed by atoms with Gasteiger partial charge in [0, 0.05) is 13.1 Å². The van der Waals surface area contributed by atoms with E-state index in [4.69, 9.17) is 4.74 Å². The lowest BCUT2D eigenvalue weighted by Crippen LogP contribution is -2.48. The molecule has 1 aliphatic rings. The molecule has 2 atom stereocenters. The molecule has 1 fully saturated rings. The Morgan fingerprint density at radius 1 is 1.33 bits per heavy atom. The Morgan fingerprint density at radius 2 is 2.14 bits per heavy atom. The third kappa shape index (κ3) is 4.06. The van der Waals surface area contributed by atoms with E-state index in [0.29, 0.717) is 6.04 Å². The van der Waals surface area contributed by atoms with Crippen LogP contribution in [0.25, 0.3) is 0 Å². The van der Waals surface area contributed by atoms with Gasteiger partial charge in [0.05, 0.1) is 18.8 Å². The summed E-state index contributed by atoms with van der Waals surface area (Å²) in [5.41, 5.74) is 4.15. The minimum atomic E-state index is 0.241. The summed E-state index contributed by atoms with van der Waals surface area (Å²) in [5.74, 6) is 0. The Labute approximate surface area is 129 Å². The lowest BCUT2D eigenvalue weighted by Gasteiger charge is -2.37. The Morgan fingerprint density at radius 3 is 2.86 bits per heavy atom. The van der Waals surface area contributed by atoms with Crippen molar-refractivity contribution >= 4 is 0 Å². The van der Waals surface area contributed by atoms with Gasteiger partial charge in [-0.2, -0.15) is 0 Å². The summed E-state index contributed by atoms with van der Waals surface area (Å²) in [7, 11) is 0. The van der Waals surface area contributed by atoms with Crippen molar-refractivity contribution in [2.75, 3.05) is 32.8 Å². The number of aryl methyl sites for hydroxylation is 1. The number of hydrogen-bond acceptors (Lipinski definition) is 3. The Bertz CT molecular complexity index is 447. The zero-order valence-corrected chi connectivity index (χ0v) is 14.0. The van der Waals surface area contributed by atoms with Crippen LogP contribution in [0.15, 0.2) is 18.2 Å². The molecule has 1 aliphatic heterocycles. The molecule has 0 saturated carbocycles. The second-order valence-corrected chi connectivity index (χ2v) is 6.02. The van der Waals surface area contributed by atoms with Gasteiger partial charge in [0.2, 0.25) is 0 Å². The molecule has 3 nitrogen and oxygen atoms in total. The third-order valence-corrected chi connectivity index (χ3v) is 4.59. The normalized spacial score (nSPS) is 21.4. The standard InChI is InChI=1S/C18H30N2O/c1-5-10-19-18(16-9-7-8-14(3)15(16)4)17-13-20(6-2)11-12-21-17/h7-9,17-19H,5-6,10-13H2,1-4H3. The van der Waals surface area contributed by atoms with Gasteiger partial charge in [0.1, 0.15) is 0 Å². The van der Waals surface area contributed by atoms with E-state index in [1.807, 2.05) is 0 Å². The minimum absolute atomic E-state index is 0.241. The summed E-state index contributed by atoms with van der Waals surface area (Å²) in [6, 6.07) is 6.90. The maximum Gasteiger partial charge on any atom is 0.0897 e. The van der Waals surface area contributed by atoms with Gasteiger partial charge in [-0.15, -0.1) is 0 Å².